The number of nitrogens with one attached hydrogen (secondary N) is 1. The molecule has 206 valence electrons. The van der Waals surface area contributed by atoms with E-state index in [9.17, 15) is 0 Å². The van der Waals surface area contributed by atoms with Gasteiger partial charge in [0, 0.05) is 60.6 Å². The highest BCUT2D eigenvalue weighted by Crippen LogP contribution is 2.43. The third-order valence-corrected chi connectivity index (χ3v) is 10.4. The van der Waals surface area contributed by atoms with Gasteiger partial charge in [-0.3, -0.25) is 5.10 Å². The van der Waals surface area contributed by atoms with Crippen molar-refractivity contribution in [3.05, 3.63) is 28.9 Å². The molecule has 0 aliphatic carbocycles. The first kappa shape index (κ1) is 25.5. The molecule has 1 unspecified atom stereocenters. The molecule has 39 heavy (non-hydrogen) atoms. The van der Waals surface area contributed by atoms with Gasteiger partial charge in [0.1, 0.15) is 11.3 Å². The van der Waals surface area contributed by atoms with Crippen LogP contribution in [0.4, 0.5) is 11.5 Å². The maximum absolute atomic E-state index is 6.93. The first-order valence-electron chi connectivity index (χ1n) is 13.7. The van der Waals surface area contributed by atoms with E-state index >= 15 is 0 Å². The summed E-state index contributed by atoms with van der Waals surface area (Å²) in [6.45, 7) is 7.92. The smallest absolute Gasteiger partial charge is 0.177 e. The van der Waals surface area contributed by atoms with Crippen molar-refractivity contribution in [1.82, 2.24) is 25.1 Å². The standard InChI is InChI=1S/C27H33ClN8O2S/c1-16-24(29)27(14-38-16)5-7-36(8-6-27)21-10-30-23-25(32-21)33-34-26(23)39-20-3-2-19-18(22(20)28)12-35(15-31-19)11-17-4-9-37-13-17/h2-3,10,15-17,24H,4-9,11-14,29H2,1H3,(H,32,33,34)/t16-,17?,24+/m0/s1. The zero-order valence-electron chi connectivity index (χ0n) is 22.0. The van der Waals surface area contributed by atoms with E-state index in [-0.39, 0.29) is 17.6 Å². The van der Waals surface area contributed by atoms with Gasteiger partial charge in [-0.05, 0) is 38.3 Å². The Morgan fingerprint density at radius 1 is 1.28 bits per heavy atom. The van der Waals surface area contributed by atoms with E-state index in [1.54, 1.807) is 0 Å². The van der Waals surface area contributed by atoms with Gasteiger partial charge in [0.05, 0.1) is 42.6 Å². The summed E-state index contributed by atoms with van der Waals surface area (Å²) in [6, 6.07) is 4.13. The number of nitrogens with two attached hydrogens (primary N) is 1. The summed E-state index contributed by atoms with van der Waals surface area (Å²) >= 11 is 8.43. The fraction of sp³-hybridized carbons (Fsp3) is 0.556. The molecular formula is C27H33ClN8O2S. The van der Waals surface area contributed by atoms with Crippen molar-refractivity contribution in [2.45, 2.75) is 54.8 Å². The summed E-state index contributed by atoms with van der Waals surface area (Å²) in [4.78, 5) is 19.7. The van der Waals surface area contributed by atoms with Crippen molar-refractivity contribution in [2.75, 3.05) is 44.4 Å². The highest BCUT2D eigenvalue weighted by molar-refractivity contribution is 7.99. The normalized spacial score (nSPS) is 26.2. The van der Waals surface area contributed by atoms with E-state index < -0.39 is 0 Å². The maximum atomic E-state index is 6.93. The molecule has 3 fully saturated rings. The molecule has 3 saturated heterocycles. The molecule has 0 bridgehead atoms. The number of hydrogen-bond acceptors (Lipinski definition) is 10. The number of fused-ring (bicyclic) bond motifs is 2. The maximum Gasteiger partial charge on any atom is 0.177 e. The number of halogens is 1. The number of H-pyrrole nitrogens is 1. The molecule has 4 aliphatic heterocycles. The number of nitrogens with zero attached hydrogens (tertiary/aromatic N) is 6. The van der Waals surface area contributed by atoms with Gasteiger partial charge in [-0.1, -0.05) is 23.4 Å². The average Bonchev–Trinajstić information content (AvgIpc) is 3.68. The number of aliphatic imine (C=N–C) groups is 1. The van der Waals surface area contributed by atoms with Crippen LogP contribution in [0.2, 0.25) is 5.02 Å². The van der Waals surface area contributed by atoms with Gasteiger partial charge < -0.3 is 25.0 Å². The molecule has 2 aromatic heterocycles. The molecule has 0 amide bonds. The van der Waals surface area contributed by atoms with Crippen LogP contribution in [0.3, 0.4) is 0 Å². The molecule has 7 rings (SSSR count). The minimum atomic E-state index is 0.0760. The summed E-state index contributed by atoms with van der Waals surface area (Å²) in [5.41, 5.74) is 9.94. The van der Waals surface area contributed by atoms with E-state index in [1.807, 2.05) is 24.7 Å². The quantitative estimate of drug-likeness (QED) is 0.471. The van der Waals surface area contributed by atoms with Crippen molar-refractivity contribution < 1.29 is 9.47 Å². The molecule has 3 N–H and O–H groups in total. The second-order valence-corrected chi connectivity index (χ2v) is 12.6. The number of aromatic nitrogens is 4. The predicted molar refractivity (Wildman–Crippen MR) is 152 cm³/mol. The summed E-state index contributed by atoms with van der Waals surface area (Å²) < 4.78 is 11.4. The summed E-state index contributed by atoms with van der Waals surface area (Å²) in [5, 5.41) is 9.09. The Kier molecular flexibility index (Phi) is 6.67. The van der Waals surface area contributed by atoms with Crippen molar-refractivity contribution in [3.63, 3.8) is 0 Å². The lowest BCUT2D eigenvalue weighted by Gasteiger charge is -2.41. The SMILES string of the molecule is C[C@@H]1OCC2(CCN(c3cnc4c(Sc5ccc6c(c5Cl)CN(CC5CCOC5)C=N6)n[nH]c4n3)CC2)[C@@H]1N. The van der Waals surface area contributed by atoms with Crippen LogP contribution in [-0.2, 0) is 16.0 Å². The second kappa shape index (κ2) is 10.2. The molecule has 12 heteroatoms. The van der Waals surface area contributed by atoms with E-state index in [4.69, 9.17) is 36.8 Å². The molecule has 10 nitrogen and oxygen atoms in total. The summed E-state index contributed by atoms with van der Waals surface area (Å²) in [5.74, 6) is 1.40. The van der Waals surface area contributed by atoms with Gasteiger partial charge in [-0.2, -0.15) is 5.10 Å². The topological polar surface area (TPSA) is 118 Å². The van der Waals surface area contributed by atoms with Gasteiger partial charge >= 0.3 is 0 Å². The highest BCUT2D eigenvalue weighted by Gasteiger charge is 2.47. The third kappa shape index (κ3) is 4.67. The number of anilines is 1. The molecule has 6 heterocycles. The van der Waals surface area contributed by atoms with Crippen molar-refractivity contribution >= 4 is 52.4 Å². The van der Waals surface area contributed by atoms with E-state index in [1.165, 1.54) is 11.8 Å². The lowest BCUT2D eigenvalue weighted by atomic mass is 9.73. The number of benzene rings is 1. The Morgan fingerprint density at radius 3 is 2.92 bits per heavy atom. The Hall–Kier alpha value is -2.44. The van der Waals surface area contributed by atoms with Crippen molar-refractivity contribution in [1.29, 1.82) is 0 Å². The number of rotatable bonds is 5. The molecule has 4 aliphatic rings. The zero-order valence-corrected chi connectivity index (χ0v) is 23.5. The Morgan fingerprint density at radius 2 is 2.15 bits per heavy atom. The van der Waals surface area contributed by atoms with Crippen molar-refractivity contribution in [2.24, 2.45) is 22.1 Å². The molecule has 1 aromatic carbocycles. The fourth-order valence-electron chi connectivity index (χ4n) is 6.25. The number of hydrogen-bond donors (Lipinski definition) is 2. The molecule has 3 aromatic rings. The van der Waals surface area contributed by atoms with Gasteiger partial charge in [-0.15, -0.1) is 0 Å². The van der Waals surface area contributed by atoms with Crippen LogP contribution in [0, 0.1) is 11.3 Å². The fourth-order valence-corrected chi connectivity index (χ4v) is 7.48. The minimum Gasteiger partial charge on any atom is -0.381 e. The lowest BCUT2D eigenvalue weighted by molar-refractivity contribution is 0.0974. The Balaban J connectivity index is 1.06. The zero-order chi connectivity index (χ0) is 26.6. The average molecular weight is 569 g/mol. The lowest BCUT2D eigenvalue weighted by Crippen LogP contribution is -2.50. The van der Waals surface area contributed by atoms with E-state index in [0.29, 0.717) is 16.6 Å². The van der Waals surface area contributed by atoms with E-state index in [2.05, 4.69) is 31.9 Å². The molecule has 1 spiro atoms. The van der Waals surface area contributed by atoms with Crippen LogP contribution >= 0.6 is 23.4 Å². The van der Waals surface area contributed by atoms with Crippen LogP contribution in [0.5, 0.6) is 0 Å². The number of ether oxygens (including phenoxy) is 2. The van der Waals surface area contributed by atoms with Gasteiger partial charge in [0.2, 0.25) is 0 Å². The van der Waals surface area contributed by atoms with Crippen LogP contribution in [-0.4, -0.2) is 83.0 Å². The minimum absolute atomic E-state index is 0.0760. The molecule has 0 saturated carbocycles. The van der Waals surface area contributed by atoms with Gasteiger partial charge in [0.15, 0.2) is 10.7 Å². The third-order valence-electron chi connectivity index (χ3n) is 8.78. The monoisotopic (exact) mass is 568 g/mol. The van der Waals surface area contributed by atoms with Crippen molar-refractivity contribution in [3.8, 4) is 0 Å². The number of aromatic amines is 1. The first-order valence-corrected chi connectivity index (χ1v) is 14.9. The predicted octanol–water partition coefficient (Wildman–Crippen LogP) is 4.00. The first-order chi connectivity index (χ1) is 19.0. The van der Waals surface area contributed by atoms with Gasteiger partial charge in [-0.25, -0.2) is 15.0 Å². The van der Waals surface area contributed by atoms with Crippen LogP contribution in [0.1, 0.15) is 31.7 Å². The van der Waals surface area contributed by atoms with Crippen LogP contribution < -0.4 is 10.6 Å². The summed E-state index contributed by atoms with van der Waals surface area (Å²) in [6.07, 6.45) is 6.98. The largest absolute Gasteiger partial charge is 0.381 e. The summed E-state index contributed by atoms with van der Waals surface area (Å²) in [7, 11) is 0. The Labute approximate surface area is 236 Å². The van der Waals surface area contributed by atoms with Crippen LogP contribution in [0.15, 0.2) is 33.2 Å². The van der Waals surface area contributed by atoms with E-state index in [0.717, 1.165) is 97.8 Å². The number of piperidine rings is 1. The Bertz CT molecular complexity index is 1400. The second-order valence-electron chi connectivity index (χ2n) is 11.2. The molecule has 3 atom stereocenters. The molecule has 0 radical (unpaired) electrons. The van der Waals surface area contributed by atoms with Gasteiger partial charge in [0.25, 0.3) is 0 Å². The molecular weight excluding hydrogens is 536 g/mol. The van der Waals surface area contributed by atoms with Crippen LogP contribution in [0.25, 0.3) is 11.2 Å². The highest BCUT2D eigenvalue weighted by atomic mass is 35.5.